The van der Waals surface area contributed by atoms with Crippen LogP contribution in [0, 0.1) is 10.1 Å². The number of hydrogen-bond acceptors (Lipinski definition) is 6. The van der Waals surface area contributed by atoms with E-state index >= 15 is 0 Å². The minimum absolute atomic E-state index is 0.0979. The number of aryl methyl sites for hydroxylation is 2. The molecule has 0 saturated carbocycles. The fourth-order valence-electron chi connectivity index (χ4n) is 3.41. The predicted octanol–water partition coefficient (Wildman–Crippen LogP) is 1.79. The average molecular weight is 485 g/mol. The average Bonchev–Trinajstić information content (AvgIpc) is 3.49. The molecular formula is C22H28N8O5. The summed E-state index contributed by atoms with van der Waals surface area (Å²) in [5.74, 6) is -1.27. The molecule has 0 aromatic carbocycles. The molecule has 3 rings (SSSR count). The molecule has 0 spiro atoms. The Morgan fingerprint density at radius 1 is 0.971 bits per heavy atom. The third-order valence-electron chi connectivity index (χ3n) is 5.18. The Hall–Kier alpha value is -4.39. The Morgan fingerprint density at radius 3 is 2.29 bits per heavy atom. The fourth-order valence-corrected chi connectivity index (χ4v) is 3.41. The summed E-state index contributed by atoms with van der Waals surface area (Å²) < 4.78 is 2.97. The molecule has 3 aromatic rings. The zero-order valence-electron chi connectivity index (χ0n) is 19.9. The number of aromatic nitrogens is 3. The number of carbonyl (C=O) groups is 3. The fraction of sp³-hybridized carbons (Fsp3) is 0.318. The minimum atomic E-state index is -0.584. The lowest BCUT2D eigenvalue weighted by atomic mass is 10.3. The first-order chi connectivity index (χ1) is 16.5. The number of nitrogens with zero attached hydrogens (tertiary/aromatic N) is 4. The van der Waals surface area contributed by atoms with Crippen LogP contribution < -0.4 is 16.0 Å². The first-order valence-electron chi connectivity index (χ1n) is 10.8. The van der Waals surface area contributed by atoms with Crippen molar-refractivity contribution in [1.82, 2.24) is 24.3 Å². The van der Waals surface area contributed by atoms with Crippen molar-refractivity contribution < 1.29 is 19.3 Å². The second-order valence-corrected chi connectivity index (χ2v) is 8.30. The van der Waals surface area contributed by atoms with Crippen LogP contribution in [-0.2, 0) is 14.1 Å². The van der Waals surface area contributed by atoms with Gasteiger partial charge in [0.1, 0.15) is 17.1 Å². The lowest BCUT2D eigenvalue weighted by molar-refractivity contribution is -0.384. The summed E-state index contributed by atoms with van der Waals surface area (Å²) in [6.07, 6.45) is 5.12. The number of rotatable bonds is 10. The van der Waals surface area contributed by atoms with Gasteiger partial charge in [-0.05, 0) is 39.2 Å². The van der Waals surface area contributed by atoms with E-state index < -0.39 is 16.7 Å². The Bertz CT molecular complexity index is 1250. The summed E-state index contributed by atoms with van der Waals surface area (Å²) in [6, 6.07) is 4.18. The van der Waals surface area contributed by atoms with Crippen molar-refractivity contribution in [3.63, 3.8) is 0 Å². The number of hydrogen-bond donors (Lipinski definition) is 4. The minimum Gasteiger partial charge on any atom is -0.355 e. The highest BCUT2D eigenvalue weighted by molar-refractivity contribution is 6.07. The van der Waals surface area contributed by atoms with Gasteiger partial charge in [0.15, 0.2) is 0 Å². The molecule has 3 heterocycles. The first-order valence-corrected chi connectivity index (χ1v) is 10.8. The molecule has 0 saturated heterocycles. The van der Waals surface area contributed by atoms with Crippen molar-refractivity contribution in [2.45, 2.75) is 6.42 Å². The van der Waals surface area contributed by atoms with Gasteiger partial charge in [-0.1, -0.05) is 0 Å². The van der Waals surface area contributed by atoms with Crippen LogP contribution in [0.4, 0.5) is 17.1 Å². The van der Waals surface area contributed by atoms with Crippen LogP contribution in [0.2, 0.25) is 0 Å². The largest absolute Gasteiger partial charge is 0.355 e. The Kier molecular flexibility index (Phi) is 7.71. The van der Waals surface area contributed by atoms with E-state index in [9.17, 15) is 24.5 Å². The molecule has 0 radical (unpaired) electrons. The quantitative estimate of drug-likeness (QED) is 0.195. The van der Waals surface area contributed by atoms with Crippen molar-refractivity contribution in [2.75, 3.05) is 37.8 Å². The lowest BCUT2D eigenvalue weighted by Gasteiger charge is -2.10. The highest BCUT2D eigenvalue weighted by Gasteiger charge is 2.19. The highest BCUT2D eigenvalue weighted by Crippen LogP contribution is 2.19. The molecule has 0 aliphatic heterocycles. The standard InChI is InChI=1S/C22H28N8O5/c1-27(2)7-5-6-23-21(32)18-9-15(12-28(18)3)26-20(31)17-8-14(11-24-17)25-22(33)19-10-16(30(34)35)13-29(19)4/h8-13,24H,5-7H2,1-4H3,(H,23,32)(H,25,33)(H,26,31). The Balaban J connectivity index is 1.59. The molecule has 35 heavy (non-hydrogen) atoms. The van der Waals surface area contributed by atoms with Crippen molar-refractivity contribution in [3.05, 3.63) is 64.0 Å². The molecule has 3 aromatic heterocycles. The number of nitro groups is 1. The topological polar surface area (TPSA) is 159 Å². The van der Waals surface area contributed by atoms with Crippen molar-refractivity contribution >= 4 is 34.8 Å². The molecule has 4 N–H and O–H groups in total. The molecule has 13 heteroatoms. The van der Waals surface area contributed by atoms with Crippen LogP contribution in [0.25, 0.3) is 0 Å². The van der Waals surface area contributed by atoms with E-state index in [2.05, 4.69) is 20.9 Å². The Labute approximate surface area is 201 Å². The van der Waals surface area contributed by atoms with E-state index in [-0.39, 0.29) is 23.0 Å². The van der Waals surface area contributed by atoms with E-state index in [0.29, 0.717) is 23.6 Å². The molecule has 0 bridgehead atoms. The van der Waals surface area contributed by atoms with Gasteiger partial charge in [-0.15, -0.1) is 0 Å². The van der Waals surface area contributed by atoms with Gasteiger partial charge in [-0.25, -0.2) is 0 Å². The van der Waals surface area contributed by atoms with E-state index in [0.717, 1.165) is 13.0 Å². The van der Waals surface area contributed by atoms with Gasteiger partial charge in [0.2, 0.25) is 0 Å². The van der Waals surface area contributed by atoms with Gasteiger partial charge in [-0.3, -0.25) is 24.5 Å². The summed E-state index contributed by atoms with van der Waals surface area (Å²) in [5, 5.41) is 19.1. The third-order valence-corrected chi connectivity index (χ3v) is 5.18. The number of aromatic amines is 1. The van der Waals surface area contributed by atoms with E-state index in [1.807, 2.05) is 19.0 Å². The molecule has 0 fully saturated rings. The third kappa shape index (κ3) is 6.35. The van der Waals surface area contributed by atoms with Gasteiger partial charge in [-0.2, -0.15) is 0 Å². The second kappa shape index (κ2) is 10.7. The van der Waals surface area contributed by atoms with Crippen LogP contribution in [0.3, 0.4) is 0 Å². The summed E-state index contributed by atoms with van der Waals surface area (Å²) >= 11 is 0. The maximum atomic E-state index is 12.6. The maximum Gasteiger partial charge on any atom is 0.287 e. The van der Waals surface area contributed by atoms with Gasteiger partial charge in [0.05, 0.1) is 22.5 Å². The van der Waals surface area contributed by atoms with Crippen LogP contribution in [0.15, 0.2) is 36.8 Å². The van der Waals surface area contributed by atoms with E-state index in [1.54, 1.807) is 23.9 Å². The smallest absolute Gasteiger partial charge is 0.287 e. The summed E-state index contributed by atoms with van der Waals surface area (Å²) in [5.41, 5.74) is 1.23. The van der Waals surface area contributed by atoms with Crippen molar-refractivity contribution in [1.29, 1.82) is 0 Å². The molecule has 0 unspecified atom stereocenters. The zero-order valence-corrected chi connectivity index (χ0v) is 19.9. The molecular weight excluding hydrogens is 456 g/mol. The molecule has 0 atom stereocenters. The van der Waals surface area contributed by atoms with Crippen LogP contribution in [0.5, 0.6) is 0 Å². The molecule has 0 aliphatic carbocycles. The van der Waals surface area contributed by atoms with Gasteiger partial charge < -0.3 is 35.0 Å². The van der Waals surface area contributed by atoms with Crippen molar-refractivity contribution in [3.8, 4) is 0 Å². The van der Waals surface area contributed by atoms with Crippen LogP contribution in [-0.4, -0.2) is 68.8 Å². The molecule has 3 amide bonds. The number of amides is 3. The van der Waals surface area contributed by atoms with E-state index in [1.165, 1.54) is 36.1 Å². The number of anilines is 2. The highest BCUT2D eigenvalue weighted by atomic mass is 16.6. The number of nitrogens with one attached hydrogen (secondary N) is 4. The maximum absolute atomic E-state index is 12.6. The van der Waals surface area contributed by atoms with Crippen LogP contribution in [0.1, 0.15) is 37.9 Å². The SMILES string of the molecule is CN(C)CCCNC(=O)c1cc(NC(=O)c2cc(NC(=O)c3cc([N+](=O)[O-])cn3C)c[nH]2)cn1C. The molecule has 13 nitrogen and oxygen atoms in total. The second-order valence-electron chi connectivity index (χ2n) is 8.30. The van der Waals surface area contributed by atoms with E-state index in [4.69, 9.17) is 0 Å². The monoisotopic (exact) mass is 484 g/mol. The molecule has 186 valence electrons. The normalized spacial score (nSPS) is 10.9. The predicted molar refractivity (Wildman–Crippen MR) is 130 cm³/mol. The molecule has 0 aliphatic rings. The Morgan fingerprint density at radius 2 is 1.63 bits per heavy atom. The number of carbonyl (C=O) groups excluding carboxylic acids is 3. The van der Waals surface area contributed by atoms with Gasteiger partial charge >= 0.3 is 0 Å². The lowest BCUT2D eigenvalue weighted by Crippen LogP contribution is -2.28. The number of H-pyrrole nitrogens is 1. The first kappa shape index (κ1) is 25.2. The summed E-state index contributed by atoms with van der Waals surface area (Å²) in [7, 11) is 7.16. The summed E-state index contributed by atoms with van der Waals surface area (Å²) in [6.45, 7) is 1.40. The van der Waals surface area contributed by atoms with Crippen LogP contribution >= 0.6 is 0 Å². The zero-order chi connectivity index (χ0) is 25.7. The van der Waals surface area contributed by atoms with Crippen molar-refractivity contribution in [2.24, 2.45) is 14.1 Å². The van der Waals surface area contributed by atoms with Gasteiger partial charge in [0, 0.05) is 39.1 Å². The van der Waals surface area contributed by atoms with Gasteiger partial charge in [0.25, 0.3) is 23.4 Å². The summed E-state index contributed by atoms with van der Waals surface area (Å²) in [4.78, 5) is 52.6.